The van der Waals surface area contributed by atoms with E-state index in [1.807, 2.05) is 12.1 Å². The van der Waals surface area contributed by atoms with Gasteiger partial charge in [0.2, 0.25) is 0 Å². The maximum Gasteiger partial charge on any atom is 0.493 e. The van der Waals surface area contributed by atoms with Crippen molar-refractivity contribution in [2.45, 2.75) is 6.42 Å². The van der Waals surface area contributed by atoms with Gasteiger partial charge in [0.05, 0.1) is 0 Å². The van der Waals surface area contributed by atoms with Gasteiger partial charge in [0.25, 0.3) is 0 Å². The van der Waals surface area contributed by atoms with E-state index < -0.39 is 0 Å². The fourth-order valence-corrected chi connectivity index (χ4v) is 1.31. The molecule has 0 saturated carbocycles. The molecule has 0 radical (unpaired) electrons. The molecule has 0 bridgehead atoms. The highest BCUT2D eigenvalue weighted by molar-refractivity contribution is 6.61. The third kappa shape index (κ3) is 2.02. The monoisotopic (exact) mass is 178 g/mol. The first-order valence-electron chi connectivity index (χ1n) is 4.38. The molecule has 1 aromatic rings. The zero-order valence-electron chi connectivity index (χ0n) is 7.27. The van der Waals surface area contributed by atoms with Crippen LogP contribution < -0.4 is 5.46 Å². The molecule has 0 amide bonds. The topological polar surface area (TPSA) is 38.7 Å². The summed E-state index contributed by atoms with van der Waals surface area (Å²) >= 11 is 0. The Kier molecular flexibility index (Phi) is 2.52. The lowest BCUT2D eigenvalue weighted by atomic mass is 9.78. The van der Waals surface area contributed by atoms with E-state index in [9.17, 15) is 0 Å². The van der Waals surface area contributed by atoms with Crippen LogP contribution in [0.25, 0.3) is 0 Å². The van der Waals surface area contributed by atoms with Crippen molar-refractivity contribution >= 4 is 12.6 Å². The van der Waals surface area contributed by atoms with E-state index in [0.29, 0.717) is 0 Å². The normalized spacial score (nSPS) is 17.4. The van der Waals surface area contributed by atoms with Gasteiger partial charge in [-0.25, -0.2) is 0 Å². The van der Waals surface area contributed by atoms with E-state index in [-0.39, 0.29) is 12.9 Å². The summed E-state index contributed by atoms with van der Waals surface area (Å²) in [5, 5.41) is 9.07. The highest BCUT2D eigenvalue weighted by Crippen LogP contribution is 2.06. The first-order chi connectivity index (χ1) is 6.36. The van der Waals surface area contributed by atoms with Crippen LogP contribution in [0.15, 0.2) is 24.3 Å². The van der Waals surface area contributed by atoms with Gasteiger partial charge in [-0.2, -0.15) is 0 Å². The first-order valence-corrected chi connectivity index (χ1v) is 4.38. The molecule has 68 valence electrons. The molecule has 1 aromatic carbocycles. The molecule has 0 atom stereocenters. The molecule has 2 rings (SSSR count). The lowest BCUT2D eigenvalue weighted by molar-refractivity contribution is 0.143. The lowest BCUT2D eigenvalue weighted by Gasteiger charge is -2.19. The Balaban J connectivity index is 2.10. The lowest BCUT2D eigenvalue weighted by Crippen LogP contribution is -2.40. The highest BCUT2D eigenvalue weighted by atomic mass is 16.6. The van der Waals surface area contributed by atoms with Crippen molar-refractivity contribution in [3.05, 3.63) is 24.3 Å². The van der Waals surface area contributed by atoms with Gasteiger partial charge in [-0.05, 0) is 24.0 Å². The Morgan fingerprint density at radius 3 is 2.31 bits per heavy atom. The van der Waals surface area contributed by atoms with Crippen molar-refractivity contribution in [2.75, 3.05) is 13.2 Å². The predicted octanol–water partition coefficient (Wildman–Crippen LogP) is 0.524. The first kappa shape index (κ1) is 8.60. The smallest absolute Gasteiger partial charge is 0.493 e. The van der Waals surface area contributed by atoms with E-state index in [0.717, 1.165) is 25.1 Å². The standard InChI is InChI=1S/C9H11BO3/c11-9-4-2-8(3-5-9)10-12-6-1-7-13-10/h2-5,11H,1,6-7H2. The molecule has 13 heavy (non-hydrogen) atoms. The molecule has 0 unspecified atom stereocenters. The molecule has 4 heteroatoms. The van der Waals surface area contributed by atoms with Gasteiger partial charge >= 0.3 is 7.12 Å². The summed E-state index contributed by atoms with van der Waals surface area (Å²) in [6.07, 6.45) is 0.953. The Labute approximate surface area is 77.4 Å². The van der Waals surface area contributed by atoms with Crippen molar-refractivity contribution in [3.8, 4) is 5.75 Å². The van der Waals surface area contributed by atoms with Crippen molar-refractivity contribution in [2.24, 2.45) is 0 Å². The Bertz CT molecular complexity index is 267. The van der Waals surface area contributed by atoms with Crippen LogP contribution in [0.2, 0.25) is 0 Å². The van der Waals surface area contributed by atoms with Gasteiger partial charge in [0, 0.05) is 13.2 Å². The molecule has 0 aliphatic carbocycles. The third-order valence-corrected chi connectivity index (χ3v) is 1.99. The number of aromatic hydroxyl groups is 1. The largest absolute Gasteiger partial charge is 0.508 e. The van der Waals surface area contributed by atoms with Crippen LogP contribution in [0.3, 0.4) is 0 Å². The van der Waals surface area contributed by atoms with Gasteiger partial charge in [0.15, 0.2) is 0 Å². The second-order valence-electron chi connectivity index (χ2n) is 3.02. The van der Waals surface area contributed by atoms with E-state index in [1.54, 1.807) is 12.1 Å². The fourth-order valence-electron chi connectivity index (χ4n) is 1.31. The summed E-state index contributed by atoms with van der Waals surface area (Å²) in [6, 6.07) is 6.89. The highest BCUT2D eigenvalue weighted by Gasteiger charge is 2.23. The summed E-state index contributed by atoms with van der Waals surface area (Å²) in [5.41, 5.74) is 0.956. The van der Waals surface area contributed by atoms with Crippen molar-refractivity contribution in [1.82, 2.24) is 0 Å². The Morgan fingerprint density at radius 2 is 1.69 bits per heavy atom. The number of phenols is 1. The van der Waals surface area contributed by atoms with E-state index in [1.165, 1.54) is 0 Å². The number of hydrogen-bond acceptors (Lipinski definition) is 3. The van der Waals surface area contributed by atoms with Crippen LogP contribution in [0.1, 0.15) is 6.42 Å². The van der Waals surface area contributed by atoms with Crippen LogP contribution in [0, 0.1) is 0 Å². The zero-order chi connectivity index (χ0) is 9.10. The Morgan fingerprint density at radius 1 is 1.08 bits per heavy atom. The van der Waals surface area contributed by atoms with Gasteiger partial charge in [-0.1, -0.05) is 12.1 Å². The number of hydrogen-bond donors (Lipinski definition) is 1. The fraction of sp³-hybridized carbons (Fsp3) is 0.333. The number of phenolic OH excluding ortho intramolecular Hbond substituents is 1. The van der Waals surface area contributed by atoms with E-state index in [2.05, 4.69) is 0 Å². The van der Waals surface area contributed by atoms with E-state index >= 15 is 0 Å². The minimum atomic E-state index is -0.255. The van der Waals surface area contributed by atoms with Crippen molar-refractivity contribution in [3.63, 3.8) is 0 Å². The summed E-state index contributed by atoms with van der Waals surface area (Å²) in [5.74, 6) is 0.263. The van der Waals surface area contributed by atoms with Gasteiger partial charge < -0.3 is 14.4 Å². The molecule has 0 spiro atoms. The third-order valence-electron chi connectivity index (χ3n) is 1.99. The molecule has 1 aliphatic heterocycles. The number of rotatable bonds is 1. The van der Waals surface area contributed by atoms with Gasteiger partial charge in [-0.15, -0.1) is 0 Å². The molecular formula is C9H11BO3. The maximum absolute atomic E-state index is 9.07. The van der Waals surface area contributed by atoms with Crippen LogP contribution in [0.4, 0.5) is 0 Å². The summed E-state index contributed by atoms with van der Waals surface area (Å²) in [4.78, 5) is 0. The summed E-state index contributed by atoms with van der Waals surface area (Å²) < 4.78 is 10.8. The van der Waals surface area contributed by atoms with Crippen LogP contribution >= 0.6 is 0 Å². The minimum absolute atomic E-state index is 0.255. The number of benzene rings is 1. The maximum atomic E-state index is 9.07. The average molecular weight is 178 g/mol. The molecule has 1 aliphatic rings. The molecule has 0 aromatic heterocycles. The molecule has 1 N–H and O–H groups in total. The SMILES string of the molecule is Oc1ccc(B2OCCCO2)cc1. The second-order valence-corrected chi connectivity index (χ2v) is 3.02. The second kappa shape index (κ2) is 3.81. The van der Waals surface area contributed by atoms with Gasteiger partial charge in [-0.3, -0.25) is 0 Å². The summed E-state index contributed by atoms with van der Waals surface area (Å²) in [6.45, 7) is 1.48. The summed E-state index contributed by atoms with van der Waals surface area (Å²) in [7, 11) is -0.255. The molecule has 1 saturated heterocycles. The quantitative estimate of drug-likeness (QED) is 0.637. The molecule has 3 nitrogen and oxygen atoms in total. The van der Waals surface area contributed by atoms with E-state index in [4.69, 9.17) is 14.4 Å². The molecule has 1 heterocycles. The van der Waals surface area contributed by atoms with Crippen LogP contribution in [-0.2, 0) is 9.31 Å². The Hall–Kier alpha value is -0.995. The zero-order valence-corrected chi connectivity index (χ0v) is 7.27. The van der Waals surface area contributed by atoms with Crippen LogP contribution in [0.5, 0.6) is 5.75 Å². The van der Waals surface area contributed by atoms with Crippen molar-refractivity contribution < 1.29 is 14.4 Å². The minimum Gasteiger partial charge on any atom is -0.508 e. The van der Waals surface area contributed by atoms with Gasteiger partial charge in [0.1, 0.15) is 5.75 Å². The average Bonchev–Trinajstić information content (AvgIpc) is 2.20. The predicted molar refractivity (Wildman–Crippen MR) is 50.0 cm³/mol. The van der Waals surface area contributed by atoms with Crippen molar-refractivity contribution in [1.29, 1.82) is 0 Å². The van der Waals surface area contributed by atoms with Crippen LogP contribution in [-0.4, -0.2) is 25.4 Å². The molecule has 1 fully saturated rings. The molecular weight excluding hydrogens is 167 g/mol.